The van der Waals surface area contributed by atoms with Crippen LogP contribution in [0, 0.1) is 5.92 Å². The Labute approximate surface area is 230 Å². The lowest BCUT2D eigenvalue weighted by Crippen LogP contribution is -2.47. The summed E-state index contributed by atoms with van der Waals surface area (Å²) in [5.41, 5.74) is 1.04. The highest BCUT2D eigenvalue weighted by molar-refractivity contribution is 7.88. The molecule has 0 spiro atoms. The minimum absolute atomic E-state index is 0.0217. The van der Waals surface area contributed by atoms with E-state index in [1.807, 2.05) is 11.6 Å². The Morgan fingerprint density at radius 1 is 1.00 bits per heavy atom. The van der Waals surface area contributed by atoms with Crippen molar-refractivity contribution in [2.24, 2.45) is 5.92 Å². The predicted octanol–water partition coefficient (Wildman–Crippen LogP) is 1.82. The topological polar surface area (TPSA) is 142 Å². The number of hydrogen-bond acceptors (Lipinski definition) is 9. The Hall–Kier alpha value is -3.10. The summed E-state index contributed by atoms with van der Waals surface area (Å²) in [4.78, 5) is 37.8. The molecule has 0 unspecified atom stereocenters. The van der Waals surface area contributed by atoms with Crippen LogP contribution < -0.4 is 10.6 Å². The number of fused-ring (bicyclic) bond motifs is 1. The molecule has 12 nitrogen and oxygen atoms in total. The van der Waals surface area contributed by atoms with Gasteiger partial charge in [0.25, 0.3) is 5.91 Å². The number of piperidine rings is 2. The number of carbonyl (C=O) groups excluding carboxylic acids is 2. The molecule has 208 valence electrons. The van der Waals surface area contributed by atoms with Gasteiger partial charge in [-0.15, -0.1) is 11.3 Å². The van der Waals surface area contributed by atoms with E-state index in [1.54, 1.807) is 21.7 Å². The lowest BCUT2D eigenvalue weighted by molar-refractivity contribution is -0.123. The number of anilines is 1. The molecule has 3 aromatic heterocycles. The van der Waals surface area contributed by atoms with Crippen molar-refractivity contribution >= 4 is 43.8 Å². The van der Waals surface area contributed by atoms with E-state index in [-0.39, 0.29) is 29.8 Å². The van der Waals surface area contributed by atoms with Gasteiger partial charge in [0.05, 0.1) is 18.0 Å². The Morgan fingerprint density at radius 3 is 2.41 bits per heavy atom. The van der Waals surface area contributed by atoms with Gasteiger partial charge in [-0.25, -0.2) is 27.2 Å². The molecule has 5 heterocycles. The van der Waals surface area contributed by atoms with Gasteiger partial charge < -0.3 is 15.5 Å². The fourth-order valence-corrected chi connectivity index (χ4v) is 6.89. The normalized spacial score (nSPS) is 19.9. The maximum absolute atomic E-state index is 13.6. The van der Waals surface area contributed by atoms with Crippen molar-refractivity contribution in [3.8, 4) is 11.4 Å². The lowest BCUT2D eigenvalue weighted by atomic mass is 10.0. The molecule has 1 saturated carbocycles. The molecule has 2 aliphatic heterocycles. The quantitative estimate of drug-likeness (QED) is 0.437. The molecule has 3 aromatic rings. The van der Waals surface area contributed by atoms with Gasteiger partial charge in [0.15, 0.2) is 5.82 Å². The molecule has 3 aliphatic rings. The average molecular weight is 573 g/mol. The van der Waals surface area contributed by atoms with Crippen LogP contribution in [-0.2, 0) is 14.8 Å². The van der Waals surface area contributed by atoms with Crippen molar-refractivity contribution in [3.05, 3.63) is 29.5 Å². The molecule has 0 atom stereocenters. The van der Waals surface area contributed by atoms with Crippen molar-refractivity contribution in [2.75, 3.05) is 37.8 Å². The Bertz CT molecular complexity index is 1480. The maximum Gasteiger partial charge on any atom is 0.272 e. The number of nitrogens with one attached hydrogen (secondary N) is 2. The third-order valence-electron chi connectivity index (χ3n) is 7.67. The van der Waals surface area contributed by atoms with E-state index in [2.05, 4.69) is 20.7 Å². The first kappa shape index (κ1) is 26.1. The third-order valence-corrected chi connectivity index (χ3v) is 9.86. The minimum Gasteiger partial charge on any atom is -0.367 e. The van der Waals surface area contributed by atoms with Gasteiger partial charge in [-0.05, 0) is 38.5 Å². The van der Waals surface area contributed by atoms with Gasteiger partial charge in [-0.3, -0.25) is 9.59 Å². The van der Waals surface area contributed by atoms with E-state index in [9.17, 15) is 18.0 Å². The second kappa shape index (κ2) is 10.5. The number of rotatable bonds is 7. The molecule has 14 heteroatoms. The summed E-state index contributed by atoms with van der Waals surface area (Å²) in [7, 11) is -3.22. The van der Waals surface area contributed by atoms with Crippen LogP contribution in [0.1, 0.15) is 49.0 Å². The average Bonchev–Trinajstić information content (AvgIpc) is 3.54. The molecule has 2 amide bonds. The maximum atomic E-state index is 13.6. The van der Waals surface area contributed by atoms with Crippen molar-refractivity contribution in [3.63, 3.8) is 0 Å². The molecule has 3 fully saturated rings. The van der Waals surface area contributed by atoms with Crippen LogP contribution in [0.2, 0.25) is 0 Å². The third kappa shape index (κ3) is 5.77. The number of sulfonamides is 1. The summed E-state index contributed by atoms with van der Waals surface area (Å²) >= 11 is 1.52. The molecule has 39 heavy (non-hydrogen) atoms. The summed E-state index contributed by atoms with van der Waals surface area (Å²) in [5, 5.41) is 12.9. The van der Waals surface area contributed by atoms with Gasteiger partial charge in [0.1, 0.15) is 16.3 Å². The van der Waals surface area contributed by atoms with E-state index in [1.165, 1.54) is 21.9 Å². The molecule has 0 radical (unpaired) electrons. The van der Waals surface area contributed by atoms with Crippen LogP contribution in [-0.4, -0.2) is 93.5 Å². The van der Waals surface area contributed by atoms with Crippen molar-refractivity contribution in [2.45, 2.75) is 50.6 Å². The number of nitrogens with zero attached hydrogens (tertiary/aromatic N) is 6. The molecule has 1 aliphatic carbocycles. The number of aromatic nitrogens is 4. The lowest BCUT2D eigenvalue weighted by Gasteiger charge is -2.32. The van der Waals surface area contributed by atoms with E-state index in [0.717, 1.165) is 23.2 Å². The summed E-state index contributed by atoms with van der Waals surface area (Å²) in [5.74, 6) is 1.09. The minimum atomic E-state index is -3.22. The zero-order valence-corrected chi connectivity index (χ0v) is 23.4. The Balaban J connectivity index is 1.20. The van der Waals surface area contributed by atoms with Gasteiger partial charge >= 0.3 is 0 Å². The first-order valence-corrected chi connectivity index (χ1v) is 16.1. The van der Waals surface area contributed by atoms with Crippen LogP contribution >= 0.6 is 11.3 Å². The van der Waals surface area contributed by atoms with Crippen LogP contribution in [0.15, 0.2) is 23.8 Å². The number of hydrogen-bond donors (Lipinski definition) is 2. The second-order valence-electron chi connectivity index (χ2n) is 10.6. The molecule has 6 rings (SSSR count). The smallest absolute Gasteiger partial charge is 0.272 e. The fraction of sp³-hybridized carbons (Fsp3) is 0.560. The SMILES string of the molecule is CS(=O)(=O)N1CCC(Nc2cc(C(=O)N3CCC(NC(=O)C4CC4)CC3)nc(-c3cnn4ccsc34)n2)CC1. The van der Waals surface area contributed by atoms with Gasteiger partial charge in [-0.2, -0.15) is 5.10 Å². The summed E-state index contributed by atoms with van der Waals surface area (Å²) in [6.07, 6.45) is 9.45. The van der Waals surface area contributed by atoms with Crippen molar-refractivity contribution in [1.29, 1.82) is 0 Å². The highest BCUT2D eigenvalue weighted by Crippen LogP contribution is 2.30. The number of carbonyl (C=O) groups is 2. The van der Waals surface area contributed by atoms with Crippen LogP contribution in [0.4, 0.5) is 5.82 Å². The van der Waals surface area contributed by atoms with E-state index >= 15 is 0 Å². The predicted molar refractivity (Wildman–Crippen MR) is 147 cm³/mol. The highest BCUT2D eigenvalue weighted by Gasteiger charge is 2.33. The summed E-state index contributed by atoms with van der Waals surface area (Å²) in [6.45, 7) is 1.96. The molecule has 0 bridgehead atoms. The first-order chi connectivity index (χ1) is 18.7. The van der Waals surface area contributed by atoms with E-state index in [0.29, 0.717) is 69.2 Å². The Morgan fingerprint density at radius 2 is 1.72 bits per heavy atom. The van der Waals surface area contributed by atoms with Crippen LogP contribution in [0.5, 0.6) is 0 Å². The largest absolute Gasteiger partial charge is 0.367 e. The number of amides is 2. The standard InChI is InChI=1S/C25H32N8O4S2/c1-39(36,37)32-10-6-17(7-11-32)27-21-14-20(29-22(30-21)19-15-26-33-12-13-38-25(19)33)24(35)31-8-4-18(5-9-31)28-23(34)16-2-3-16/h12-18H,2-11H2,1H3,(H,28,34)(H,27,29,30). The molecule has 0 aromatic carbocycles. The van der Waals surface area contributed by atoms with Crippen molar-refractivity contribution in [1.82, 2.24) is 34.1 Å². The molecule has 2 saturated heterocycles. The fourth-order valence-electron chi connectivity index (χ4n) is 5.23. The number of thiazole rings is 1. The first-order valence-electron chi connectivity index (χ1n) is 13.4. The van der Waals surface area contributed by atoms with Crippen molar-refractivity contribution < 1.29 is 18.0 Å². The zero-order chi connectivity index (χ0) is 27.1. The van der Waals surface area contributed by atoms with E-state index in [4.69, 9.17) is 4.98 Å². The zero-order valence-electron chi connectivity index (χ0n) is 21.7. The monoisotopic (exact) mass is 572 g/mol. The molecular weight excluding hydrogens is 540 g/mol. The van der Waals surface area contributed by atoms with Crippen LogP contribution in [0.25, 0.3) is 16.2 Å². The second-order valence-corrected chi connectivity index (χ2v) is 13.5. The van der Waals surface area contributed by atoms with Gasteiger partial charge in [0.2, 0.25) is 15.9 Å². The number of likely N-dealkylation sites (tertiary alicyclic amines) is 1. The highest BCUT2D eigenvalue weighted by atomic mass is 32.2. The molecule has 2 N–H and O–H groups in total. The van der Waals surface area contributed by atoms with Gasteiger partial charge in [0, 0.05) is 61.8 Å². The molecular formula is C25H32N8O4S2. The van der Waals surface area contributed by atoms with E-state index < -0.39 is 10.0 Å². The summed E-state index contributed by atoms with van der Waals surface area (Å²) < 4.78 is 27.1. The van der Waals surface area contributed by atoms with Gasteiger partial charge in [-0.1, -0.05) is 0 Å². The summed E-state index contributed by atoms with van der Waals surface area (Å²) in [6, 6.07) is 1.80. The Kier molecular flexibility index (Phi) is 7.02. The van der Waals surface area contributed by atoms with Crippen LogP contribution in [0.3, 0.4) is 0 Å².